The van der Waals surface area contributed by atoms with Crippen LogP contribution < -0.4 is 11.1 Å². The molecule has 0 saturated carbocycles. The van der Waals surface area contributed by atoms with Gasteiger partial charge in [0, 0.05) is 24.4 Å². The van der Waals surface area contributed by atoms with Crippen molar-refractivity contribution in [2.45, 2.75) is 12.6 Å². The summed E-state index contributed by atoms with van der Waals surface area (Å²) in [6, 6.07) is 10.9. The molecule has 184 valence electrons. The van der Waals surface area contributed by atoms with Crippen molar-refractivity contribution in [2.24, 2.45) is 12.8 Å². The van der Waals surface area contributed by atoms with Gasteiger partial charge in [0.1, 0.15) is 11.6 Å². The SMILES string of the molecule is Cn1ccc(-c2cc(C(=O)Nc3cnc(CC(N)=O)nc3-c3ccccc3)c(F)cc2C(F)(F)F)n1. The molecular formula is C24H18F4N6O2. The lowest BCUT2D eigenvalue weighted by molar-refractivity contribution is -0.137. The molecule has 2 amide bonds. The van der Waals surface area contributed by atoms with E-state index in [0.717, 1.165) is 6.07 Å². The molecule has 0 saturated heterocycles. The fourth-order valence-electron chi connectivity index (χ4n) is 3.51. The number of alkyl halides is 3. The number of nitrogens with zero attached hydrogens (tertiary/aromatic N) is 4. The molecule has 0 radical (unpaired) electrons. The summed E-state index contributed by atoms with van der Waals surface area (Å²) in [5.74, 6) is -2.97. The first kappa shape index (κ1) is 24.5. The normalized spacial score (nSPS) is 11.4. The number of aromatic nitrogens is 4. The Hall–Kier alpha value is -4.61. The van der Waals surface area contributed by atoms with Gasteiger partial charge >= 0.3 is 6.18 Å². The highest BCUT2D eigenvalue weighted by atomic mass is 19.4. The van der Waals surface area contributed by atoms with E-state index in [-0.39, 0.29) is 35.4 Å². The second-order valence-electron chi connectivity index (χ2n) is 7.76. The average Bonchev–Trinajstić information content (AvgIpc) is 3.25. The zero-order valence-electron chi connectivity index (χ0n) is 18.7. The Kier molecular flexibility index (Phi) is 6.51. The number of carbonyl (C=O) groups is 2. The highest BCUT2D eigenvalue weighted by Gasteiger charge is 2.36. The molecule has 0 spiro atoms. The van der Waals surface area contributed by atoms with Gasteiger partial charge in [-0.3, -0.25) is 14.3 Å². The van der Waals surface area contributed by atoms with Gasteiger partial charge in [0.05, 0.1) is 40.8 Å². The molecule has 2 aromatic carbocycles. The summed E-state index contributed by atoms with van der Waals surface area (Å²) < 4.78 is 56.9. The maximum Gasteiger partial charge on any atom is 0.417 e. The Morgan fingerprint density at radius 3 is 2.44 bits per heavy atom. The van der Waals surface area contributed by atoms with Gasteiger partial charge in [-0.2, -0.15) is 18.3 Å². The van der Waals surface area contributed by atoms with Gasteiger partial charge in [0.25, 0.3) is 5.91 Å². The molecule has 2 aromatic heterocycles. The predicted octanol–water partition coefficient (Wildman–Crippen LogP) is 3.98. The predicted molar refractivity (Wildman–Crippen MR) is 122 cm³/mol. The van der Waals surface area contributed by atoms with Gasteiger partial charge in [0.2, 0.25) is 5.91 Å². The van der Waals surface area contributed by atoms with Crippen LogP contribution in [0.25, 0.3) is 22.5 Å². The number of nitrogens with two attached hydrogens (primary N) is 1. The van der Waals surface area contributed by atoms with Crippen molar-refractivity contribution >= 4 is 17.5 Å². The van der Waals surface area contributed by atoms with E-state index >= 15 is 0 Å². The van der Waals surface area contributed by atoms with Crippen LogP contribution in [-0.4, -0.2) is 31.6 Å². The van der Waals surface area contributed by atoms with Crippen molar-refractivity contribution in [1.29, 1.82) is 0 Å². The largest absolute Gasteiger partial charge is 0.417 e. The summed E-state index contributed by atoms with van der Waals surface area (Å²) in [5, 5.41) is 6.42. The summed E-state index contributed by atoms with van der Waals surface area (Å²) in [4.78, 5) is 32.6. The van der Waals surface area contributed by atoms with Crippen LogP contribution in [0.1, 0.15) is 21.7 Å². The highest BCUT2D eigenvalue weighted by Crippen LogP contribution is 2.38. The Bertz CT molecular complexity index is 1450. The van der Waals surface area contributed by atoms with Gasteiger partial charge < -0.3 is 11.1 Å². The van der Waals surface area contributed by atoms with Gasteiger partial charge in [-0.15, -0.1) is 0 Å². The average molecular weight is 498 g/mol. The molecule has 0 unspecified atom stereocenters. The van der Waals surface area contributed by atoms with E-state index in [1.807, 2.05) is 0 Å². The fraction of sp³-hybridized carbons (Fsp3) is 0.125. The van der Waals surface area contributed by atoms with E-state index in [1.54, 1.807) is 30.3 Å². The minimum absolute atomic E-state index is 0.0538. The number of benzene rings is 2. The van der Waals surface area contributed by atoms with E-state index in [1.165, 1.54) is 30.2 Å². The molecular weight excluding hydrogens is 480 g/mol. The quantitative estimate of drug-likeness (QED) is 0.390. The third-order valence-corrected chi connectivity index (χ3v) is 5.11. The van der Waals surface area contributed by atoms with Gasteiger partial charge in [-0.25, -0.2) is 14.4 Å². The number of nitrogens with one attached hydrogen (secondary N) is 1. The van der Waals surface area contributed by atoms with Crippen LogP contribution in [0.3, 0.4) is 0 Å². The Morgan fingerprint density at radius 1 is 1.11 bits per heavy atom. The van der Waals surface area contributed by atoms with E-state index in [0.29, 0.717) is 5.56 Å². The monoisotopic (exact) mass is 498 g/mol. The molecule has 0 bridgehead atoms. The number of primary amides is 1. The van der Waals surface area contributed by atoms with Crippen LogP contribution in [0.5, 0.6) is 0 Å². The van der Waals surface area contributed by atoms with E-state index in [9.17, 15) is 27.2 Å². The highest BCUT2D eigenvalue weighted by molar-refractivity contribution is 6.06. The van der Waals surface area contributed by atoms with Crippen molar-refractivity contribution < 1.29 is 27.2 Å². The first-order chi connectivity index (χ1) is 17.0. The molecule has 0 aliphatic carbocycles. The number of carbonyl (C=O) groups excluding carboxylic acids is 2. The second kappa shape index (κ2) is 9.56. The number of aryl methyl sites for hydroxylation is 1. The number of halogens is 4. The van der Waals surface area contributed by atoms with Crippen molar-refractivity contribution in [2.75, 3.05) is 5.32 Å². The van der Waals surface area contributed by atoms with Crippen LogP contribution in [-0.2, 0) is 24.4 Å². The summed E-state index contributed by atoms with van der Waals surface area (Å²) in [7, 11) is 1.51. The molecule has 0 aliphatic rings. The lowest BCUT2D eigenvalue weighted by Crippen LogP contribution is -2.19. The molecule has 36 heavy (non-hydrogen) atoms. The molecule has 8 nitrogen and oxygen atoms in total. The number of anilines is 1. The van der Waals surface area contributed by atoms with Crippen LogP contribution in [0.15, 0.2) is 60.9 Å². The van der Waals surface area contributed by atoms with Crippen LogP contribution in [0.4, 0.5) is 23.2 Å². The minimum atomic E-state index is -4.88. The lowest BCUT2D eigenvalue weighted by atomic mass is 9.99. The standard InChI is InChI=1S/C24H18F4N6O2/c1-34-8-7-18(33-34)14-9-15(17(25)10-16(14)24(26,27)28)23(36)31-19-12-30-21(11-20(29)35)32-22(19)13-5-3-2-4-6-13/h2-10,12H,11H2,1H3,(H2,29,35)(H,31,36). The van der Waals surface area contributed by atoms with Gasteiger partial charge in [-0.1, -0.05) is 30.3 Å². The molecule has 0 fully saturated rings. The number of hydrogen-bond acceptors (Lipinski definition) is 5. The smallest absolute Gasteiger partial charge is 0.369 e. The van der Waals surface area contributed by atoms with Crippen molar-refractivity contribution in [3.63, 3.8) is 0 Å². The van der Waals surface area contributed by atoms with E-state index in [4.69, 9.17) is 5.73 Å². The fourth-order valence-corrected chi connectivity index (χ4v) is 3.51. The van der Waals surface area contributed by atoms with Crippen molar-refractivity contribution in [1.82, 2.24) is 19.7 Å². The summed E-state index contributed by atoms with van der Waals surface area (Å²) >= 11 is 0. The first-order valence-electron chi connectivity index (χ1n) is 10.4. The number of amides is 2. The zero-order chi connectivity index (χ0) is 26.0. The lowest BCUT2D eigenvalue weighted by Gasteiger charge is -2.15. The Balaban J connectivity index is 1.77. The third kappa shape index (κ3) is 5.22. The maximum absolute atomic E-state index is 14.8. The Labute approximate surface area is 201 Å². The third-order valence-electron chi connectivity index (χ3n) is 5.11. The van der Waals surface area contributed by atoms with Gasteiger partial charge in [-0.05, 0) is 18.2 Å². The molecule has 2 heterocycles. The van der Waals surface area contributed by atoms with E-state index < -0.39 is 40.5 Å². The van der Waals surface area contributed by atoms with Crippen molar-refractivity contribution in [3.05, 3.63) is 83.7 Å². The molecule has 0 aliphatic heterocycles. The van der Waals surface area contributed by atoms with Gasteiger partial charge in [0.15, 0.2) is 0 Å². The number of hydrogen-bond donors (Lipinski definition) is 2. The van der Waals surface area contributed by atoms with Crippen molar-refractivity contribution in [3.8, 4) is 22.5 Å². The minimum Gasteiger partial charge on any atom is -0.369 e. The van der Waals surface area contributed by atoms with Crippen LogP contribution in [0, 0.1) is 5.82 Å². The van der Waals surface area contributed by atoms with Crippen LogP contribution in [0.2, 0.25) is 0 Å². The first-order valence-corrected chi connectivity index (χ1v) is 10.4. The summed E-state index contributed by atoms with van der Waals surface area (Å²) in [5.41, 5.74) is 3.59. The topological polar surface area (TPSA) is 116 Å². The maximum atomic E-state index is 14.8. The summed E-state index contributed by atoms with van der Waals surface area (Å²) in [6.07, 6.45) is -2.49. The number of rotatable bonds is 6. The molecule has 4 aromatic rings. The van der Waals surface area contributed by atoms with E-state index in [2.05, 4.69) is 20.4 Å². The molecule has 12 heteroatoms. The van der Waals surface area contributed by atoms with Crippen LogP contribution >= 0.6 is 0 Å². The molecule has 3 N–H and O–H groups in total. The molecule has 0 atom stereocenters. The summed E-state index contributed by atoms with van der Waals surface area (Å²) in [6.45, 7) is 0. The molecule has 4 rings (SSSR count). The second-order valence-corrected chi connectivity index (χ2v) is 7.76. The Morgan fingerprint density at radius 2 is 1.83 bits per heavy atom. The zero-order valence-corrected chi connectivity index (χ0v) is 18.7.